The summed E-state index contributed by atoms with van der Waals surface area (Å²) in [6.07, 6.45) is 1.59. The number of piperidine rings is 1. The van der Waals surface area contributed by atoms with Crippen LogP contribution in [0.25, 0.3) is 0 Å². The van der Waals surface area contributed by atoms with Crippen molar-refractivity contribution in [2.75, 3.05) is 6.54 Å². The largest absolute Gasteiger partial charge is 0.313 e. The Balaban J connectivity index is 0.00000200. The summed E-state index contributed by atoms with van der Waals surface area (Å²) in [7, 11) is -3.83. The highest BCUT2D eigenvalue weighted by Gasteiger charge is 2.26. The molecule has 1 aromatic rings. The van der Waals surface area contributed by atoms with Gasteiger partial charge in [0.1, 0.15) is 0 Å². The Morgan fingerprint density at radius 2 is 2.00 bits per heavy atom. The van der Waals surface area contributed by atoms with Crippen molar-refractivity contribution in [3.63, 3.8) is 0 Å². The summed E-state index contributed by atoms with van der Waals surface area (Å²) in [6, 6.07) is 2.33. The van der Waals surface area contributed by atoms with Gasteiger partial charge in [-0.1, -0.05) is 0 Å². The van der Waals surface area contributed by atoms with Gasteiger partial charge in [-0.05, 0) is 44.5 Å². The van der Waals surface area contributed by atoms with Crippen molar-refractivity contribution >= 4 is 22.4 Å². The summed E-state index contributed by atoms with van der Waals surface area (Å²) >= 11 is 0. The van der Waals surface area contributed by atoms with E-state index in [0.29, 0.717) is 6.07 Å². The molecule has 114 valence electrons. The first-order valence-electron chi connectivity index (χ1n) is 6.11. The van der Waals surface area contributed by atoms with Crippen LogP contribution in [0.2, 0.25) is 0 Å². The fourth-order valence-electron chi connectivity index (χ4n) is 2.12. The second-order valence-corrected chi connectivity index (χ2v) is 6.40. The monoisotopic (exact) mass is 326 g/mol. The molecule has 8 heteroatoms. The molecule has 0 radical (unpaired) electrons. The number of halogens is 3. The standard InChI is InChI=1S/C12H16F2N2O2S.ClH/c1-8-12(3-2-6-15-8)16-19(17,18)9-4-5-10(13)11(14)7-9;/h4-5,7-8,12,15-16H,2-3,6H2,1H3;1H. The topological polar surface area (TPSA) is 58.2 Å². The molecule has 1 aromatic carbocycles. The van der Waals surface area contributed by atoms with Crippen LogP contribution in [0.1, 0.15) is 19.8 Å². The molecule has 0 aromatic heterocycles. The van der Waals surface area contributed by atoms with E-state index < -0.39 is 21.7 Å². The molecular weight excluding hydrogens is 310 g/mol. The molecule has 1 saturated heterocycles. The van der Waals surface area contributed by atoms with E-state index in [9.17, 15) is 17.2 Å². The number of benzene rings is 1. The Hall–Kier alpha value is -0.760. The third kappa shape index (κ3) is 3.88. The van der Waals surface area contributed by atoms with Crippen molar-refractivity contribution in [2.45, 2.75) is 36.7 Å². The lowest BCUT2D eigenvalue weighted by atomic mass is 10.0. The maximum absolute atomic E-state index is 13.1. The number of sulfonamides is 1. The lowest BCUT2D eigenvalue weighted by Gasteiger charge is -2.30. The smallest absolute Gasteiger partial charge is 0.240 e. The van der Waals surface area contributed by atoms with Crippen LogP contribution in [0.4, 0.5) is 8.78 Å². The van der Waals surface area contributed by atoms with Crippen LogP contribution in [-0.2, 0) is 10.0 Å². The van der Waals surface area contributed by atoms with E-state index in [2.05, 4.69) is 10.0 Å². The van der Waals surface area contributed by atoms with Crippen LogP contribution in [-0.4, -0.2) is 27.0 Å². The van der Waals surface area contributed by atoms with E-state index in [1.807, 2.05) is 6.92 Å². The molecule has 1 aliphatic heterocycles. The molecule has 20 heavy (non-hydrogen) atoms. The highest BCUT2D eigenvalue weighted by Crippen LogP contribution is 2.16. The highest BCUT2D eigenvalue weighted by molar-refractivity contribution is 7.89. The Kier molecular flexibility index (Phi) is 5.88. The van der Waals surface area contributed by atoms with Crippen molar-refractivity contribution < 1.29 is 17.2 Å². The van der Waals surface area contributed by atoms with Gasteiger partial charge in [-0.15, -0.1) is 12.4 Å². The summed E-state index contributed by atoms with van der Waals surface area (Å²) in [4.78, 5) is -0.260. The zero-order valence-electron chi connectivity index (χ0n) is 10.9. The summed E-state index contributed by atoms with van der Waals surface area (Å²) in [5.74, 6) is -2.23. The zero-order chi connectivity index (χ0) is 14.0. The minimum atomic E-state index is -3.83. The molecule has 0 saturated carbocycles. The number of hydrogen-bond donors (Lipinski definition) is 2. The van der Waals surface area contributed by atoms with Gasteiger partial charge in [-0.25, -0.2) is 21.9 Å². The quantitative estimate of drug-likeness (QED) is 0.890. The lowest BCUT2D eigenvalue weighted by molar-refractivity contribution is 0.348. The molecule has 0 aliphatic carbocycles. The molecule has 4 nitrogen and oxygen atoms in total. The van der Waals surface area contributed by atoms with Gasteiger partial charge in [-0.2, -0.15) is 0 Å². The van der Waals surface area contributed by atoms with Crippen LogP contribution in [0, 0.1) is 11.6 Å². The maximum atomic E-state index is 13.1. The van der Waals surface area contributed by atoms with E-state index >= 15 is 0 Å². The average molecular weight is 327 g/mol. The van der Waals surface area contributed by atoms with E-state index in [-0.39, 0.29) is 29.4 Å². The van der Waals surface area contributed by atoms with Crippen LogP contribution in [0.3, 0.4) is 0 Å². The lowest BCUT2D eigenvalue weighted by Crippen LogP contribution is -2.51. The summed E-state index contributed by atoms with van der Waals surface area (Å²) < 4.78 is 52.6. The fourth-order valence-corrected chi connectivity index (χ4v) is 3.48. The molecule has 0 spiro atoms. The summed E-state index contributed by atoms with van der Waals surface area (Å²) in [5, 5.41) is 3.17. The van der Waals surface area contributed by atoms with Crippen molar-refractivity contribution in [3.05, 3.63) is 29.8 Å². The van der Waals surface area contributed by atoms with Gasteiger partial charge >= 0.3 is 0 Å². The minimum absolute atomic E-state index is 0. The Bertz CT molecular complexity index is 569. The van der Waals surface area contributed by atoms with E-state index in [1.165, 1.54) is 0 Å². The van der Waals surface area contributed by atoms with Gasteiger partial charge in [0.2, 0.25) is 10.0 Å². The first-order chi connectivity index (χ1) is 8.90. The predicted molar refractivity (Wildman–Crippen MR) is 74.4 cm³/mol. The van der Waals surface area contributed by atoms with Gasteiger partial charge in [0.15, 0.2) is 11.6 Å². The number of hydrogen-bond acceptors (Lipinski definition) is 3. The van der Waals surface area contributed by atoms with Crippen LogP contribution < -0.4 is 10.0 Å². The van der Waals surface area contributed by atoms with Crippen molar-refractivity contribution in [2.24, 2.45) is 0 Å². The van der Waals surface area contributed by atoms with Crippen molar-refractivity contribution in [1.82, 2.24) is 10.0 Å². The third-order valence-corrected chi connectivity index (χ3v) is 4.76. The van der Waals surface area contributed by atoms with Gasteiger partial charge in [0, 0.05) is 12.1 Å². The number of rotatable bonds is 3. The van der Waals surface area contributed by atoms with Gasteiger partial charge < -0.3 is 5.32 Å². The average Bonchev–Trinajstić information content (AvgIpc) is 2.35. The molecule has 2 atom stereocenters. The van der Waals surface area contributed by atoms with Crippen LogP contribution >= 0.6 is 12.4 Å². The molecule has 1 fully saturated rings. The van der Waals surface area contributed by atoms with Crippen LogP contribution in [0.15, 0.2) is 23.1 Å². The molecule has 2 N–H and O–H groups in total. The molecule has 1 heterocycles. The Morgan fingerprint density at radius 1 is 1.30 bits per heavy atom. The van der Waals surface area contributed by atoms with Crippen molar-refractivity contribution in [3.8, 4) is 0 Å². The maximum Gasteiger partial charge on any atom is 0.240 e. The van der Waals surface area contributed by atoms with Gasteiger partial charge in [0.05, 0.1) is 4.90 Å². The zero-order valence-corrected chi connectivity index (χ0v) is 12.5. The second kappa shape index (κ2) is 6.80. The normalized spacial score (nSPS) is 23.1. The highest BCUT2D eigenvalue weighted by atomic mass is 35.5. The van der Waals surface area contributed by atoms with E-state index in [1.54, 1.807) is 0 Å². The van der Waals surface area contributed by atoms with Gasteiger partial charge in [-0.3, -0.25) is 0 Å². The Morgan fingerprint density at radius 3 is 2.60 bits per heavy atom. The molecule has 0 bridgehead atoms. The fraction of sp³-hybridized carbons (Fsp3) is 0.500. The molecular formula is C12H17ClF2N2O2S. The SMILES string of the molecule is CC1NCCCC1NS(=O)(=O)c1ccc(F)c(F)c1.Cl. The minimum Gasteiger partial charge on any atom is -0.313 e. The van der Waals surface area contributed by atoms with E-state index in [0.717, 1.165) is 31.5 Å². The van der Waals surface area contributed by atoms with Crippen LogP contribution in [0.5, 0.6) is 0 Å². The second-order valence-electron chi connectivity index (χ2n) is 4.69. The summed E-state index contributed by atoms with van der Waals surface area (Å²) in [5.41, 5.74) is 0. The summed E-state index contributed by atoms with van der Waals surface area (Å²) in [6.45, 7) is 2.74. The number of nitrogens with one attached hydrogen (secondary N) is 2. The Labute approximate surface area is 123 Å². The molecule has 1 aliphatic rings. The first kappa shape index (κ1) is 17.3. The van der Waals surface area contributed by atoms with E-state index in [4.69, 9.17) is 0 Å². The van der Waals surface area contributed by atoms with Crippen molar-refractivity contribution in [1.29, 1.82) is 0 Å². The molecule has 2 rings (SSSR count). The predicted octanol–water partition coefficient (Wildman–Crippen LogP) is 1.81. The first-order valence-corrected chi connectivity index (χ1v) is 7.59. The van der Waals surface area contributed by atoms with Gasteiger partial charge in [0.25, 0.3) is 0 Å². The molecule has 0 amide bonds. The third-order valence-electron chi connectivity index (χ3n) is 3.27. The molecule has 2 unspecified atom stereocenters.